The molecule has 1 aliphatic rings. The fourth-order valence-corrected chi connectivity index (χ4v) is 4.01. The summed E-state index contributed by atoms with van der Waals surface area (Å²) >= 11 is 0. The van der Waals surface area contributed by atoms with Gasteiger partial charge in [-0.2, -0.15) is 0 Å². The molecule has 2 aromatic rings. The van der Waals surface area contributed by atoms with Gasteiger partial charge in [-0.3, -0.25) is 14.4 Å². The zero-order chi connectivity index (χ0) is 23.8. The van der Waals surface area contributed by atoms with Crippen molar-refractivity contribution in [3.63, 3.8) is 0 Å². The number of piperidine rings is 1. The number of halogens is 1. The van der Waals surface area contributed by atoms with Crippen molar-refractivity contribution in [2.24, 2.45) is 5.92 Å². The second-order valence-corrected chi connectivity index (χ2v) is 8.24. The monoisotopic (exact) mass is 455 g/mol. The number of ether oxygens (including phenoxy) is 1. The predicted octanol–water partition coefficient (Wildman–Crippen LogP) is 2.55. The predicted molar refractivity (Wildman–Crippen MR) is 122 cm³/mol. The lowest BCUT2D eigenvalue weighted by Gasteiger charge is -2.36. The number of methoxy groups -OCH3 is 1. The summed E-state index contributed by atoms with van der Waals surface area (Å²) in [7, 11) is 1.54. The van der Waals surface area contributed by atoms with Gasteiger partial charge in [-0.1, -0.05) is 17.7 Å². The number of carbonyl (C=O) groups is 3. The molecule has 176 valence electrons. The molecule has 1 saturated heterocycles. The van der Waals surface area contributed by atoms with Crippen molar-refractivity contribution in [3.05, 3.63) is 71.0 Å². The van der Waals surface area contributed by atoms with Crippen LogP contribution in [0.2, 0.25) is 0 Å². The minimum absolute atomic E-state index is 0.0337. The van der Waals surface area contributed by atoms with Crippen molar-refractivity contribution in [1.82, 2.24) is 15.5 Å². The second kappa shape index (κ2) is 11.6. The van der Waals surface area contributed by atoms with Gasteiger partial charge in [0, 0.05) is 37.9 Å². The van der Waals surface area contributed by atoms with Gasteiger partial charge in [0.1, 0.15) is 11.9 Å². The van der Waals surface area contributed by atoms with Crippen LogP contribution in [0.5, 0.6) is 0 Å². The fourth-order valence-electron chi connectivity index (χ4n) is 4.01. The summed E-state index contributed by atoms with van der Waals surface area (Å²) in [5, 5.41) is 5.61. The number of hydrogen-bond acceptors (Lipinski definition) is 4. The van der Waals surface area contributed by atoms with Crippen LogP contribution >= 0.6 is 0 Å². The van der Waals surface area contributed by atoms with Crippen LogP contribution in [0.4, 0.5) is 4.39 Å². The van der Waals surface area contributed by atoms with E-state index < -0.39 is 17.8 Å². The first-order valence-electron chi connectivity index (χ1n) is 11.1. The van der Waals surface area contributed by atoms with E-state index in [9.17, 15) is 18.8 Å². The van der Waals surface area contributed by atoms with E-state index in [1.54, 1.807) is 18.1 Å². The normalized spacial score (nSPS) is 15.1. The maximum Gasteiger partial charge on any atom is 0.253 e. The van der Waals surface area contributed by atoms with Gasteiger partial charge in [-0.05, 0) is 62.1 Å². The van der Waals surface area contributed by atoms with E-state index in [0.29, 0.717) is 44.6 Å². The Kier molecular flexibility index (Phi) is 8.54. The number of nitrogens with zero attached hydrogens (tertiary/aromatic N) is 1. The van der Waals surface area contributed by atoms with Gasteiger partial charge in [0.05, 0.1) is 6.61 Å². The van der Waals surface area contributed by atoms with Gasteiger partial charge in [-0.15, -0.1) is 0 Å². The number of aryl methyl sites for hydroxylation is 1. The number of hydrogen-bond donors (Lipinski definition) is 2. The molecule has 0 aromatic heterocycles. The quantitative estimate of drug-likeness (QED) is 0.599. The van der Waals surface area contributed by atoms with Crippen LogP contribution in [0.25, 0.3) is 0 Å². The molecule has 8 heteroatoms. The molecule has 0 unspecified atom stereocenters. The summed E-state index contributed by atoms with van der Waals surface area (Å²) in [6, 6.07) is 11.9. The summed E-state index contributed by atoms with van der Waals surface area (Å²) in [5.41, 5.74) is 1.94. The number of rotatable bonds is 8. The van der Waals surface area contributed by atoms with E-state index in [0.717, 1.165) is 5.56 Å². The molecule has 1 heterocycles. The molecule has 7 nitrogen and oxygen atoms in total. The van der Waals surface area contributed by atoms with Crippen molar-refractivity contribution in [3.8, 4) is 0 Å². The molecule has 2 N–H and O–H groups in total. The Balaban J connectivity index is 1.67. The lowest BCUT2D eigenvalue weighted by atomic mass is 9.88. The van der Waals surface area contributed by atoms with Gasteiger partial charge >= 0.3 is 0 Å². The zero-order valence-corrected chi connectivity index (χ0v) is 19.0. The zero-order valence-electron chi connectivity index (χ0n) is 19.0. The molecule has 0 bridgehead atoms. The molecule has 0 aliphatic carbocycles. The van der Waals surface area contributed by atoms with Crippen LogP contribution < -0.4 is 10.6 Å². The van der Waals surface area contributed by atoms with Gasteiger partial charge in [0.25, 0.3) is 11.8 Å². The van der Waals surface area contributed by atoms with Crippen LogP contribution in [0.1, 0.15) is 39.1 Å². The van der Waals surface area contributed by atoms with Crippen LogP contribution in [0.3, 0.4) is 0 Å². The first-order chi connectivity index (χ1) is 15.9. The summed E-state index contributed by atoms with van der Waals surface area (Å²) in [6.45, 7) is 3.60. The summed E-state index contributed by atoms with van der Waals surface area (Å²) in [5.74, 6) is -1.36. The highest BCUT2D eigenvalue weighted by Crippen LogP contribution is 2.23. The molecule has 33 heavy (non-hydrogen) atoms. The van der Waals surface area contributed by atoms with E-state index in [2.05, 4.69) is 10.6 Å². The lowest BCUT2D eigenvalue weighted by molar-refractivity contribution is -0.124. The van der Waals surface area contributed by atoms with E-state index in [1.807, 2.05) is 25.1 Å². The average molecular weight is 456 g/mol. The number of nitrogens with one attached hydrogen (secondary N) is 2. The highest BCUT2D eigenvalue weighted by atomic mass is 19.1. The molecule has 2 aromatic carbocycles. The summed E-state index contributed by atoms with van der Waals surface area (Å²) in [4.78, 5) is 40.3. The first-order valence-corrected chi connectivity index (χ1v) is 11.1. The standard InChI is InChI=1S/C25H30FN3O4/c1-17-4-3-5-20(16-17)25(32)29-13-10-18(11-14-29)22(24(31)27-12-15-33-2)28-23(30)19-6-8-21(26)9-7-19/h3-9,16,18,22H,10-15H2,1-2H3,(H,27,31)(H,28,30)/t22-/m0/s1. The van der Waals surface area contributed by atoms with Crippen molar-refractivity contribution in [2.45, 2.75) is 25.8 Å². The van der Waals surface area contributed by atoms with E-state index >= 15 is 0 Å². The summed E-state index contributed by atoms with van der Waals surface area (Å²) in [6.07, 6.45) is 1.15. The minimum atomic E-state index is -0.768. The molecular formula is C25H30FN3O4. The SMILES string of the molecule is COCCNC(=O)[C@@H](NC(=O)c1ccc(F)cc1)C1CCN(C(=O)c2cccc(C)c2)CC1. The van der Waals surface area contributed by atoms with Gasteiger partial charge < -0.3 is 20.3 Å². The number of carbonyl (C=O) groups excluding carboxylic acids is 3. The Labute approximate surface area is 193 Å². The van der Waals surface area contributed by atoms with Gasteiger partial charge in [0.15, 0.2) is 0 Å². The smallest absolute Gasteiger partial charge is 0.253 e. The highest BCUT2D eigenvalue weighted by molar-refractivity contribution is 5.97. The Bertz CT molecular complexity index is 972. The third kappa shape index (κ3) is 6.61. The van der Waals surface area contributed by atoms with E-state index in [1.165, 1.54) is 24.3 Å². The molecular weight excluding hydrogens is 425 g/mol. The Morgan fingerprint density at radius 2 is 1.79 bits per heavy atom. The van der Waals surface area contributed by atoms with Crippen molar-refractivity contribution < 1.29 is 23.5 Å². The Morgan fingerprint density at radius 1 is 1.09 bits per heavy atom. The van der Waals surface area contributed by atoms with Crippen molar-refractivity contribution in [2.75, 3.05) is 33.4 Å². The number of likely N-dealkylation sites (tertiary alicyclic amines) is 1. The third-order valence-corrected chi connectivity index (χ3v) is 5.84. The molecule has 1 fully saturated rings. The topological polar surface area (TPSA) is 87.7 Å². The first kappa shape index (κ1) is 24.4. The summed E-state index contributed by atoms with van der Waals surface area (Å²) < 4.78 is 18.2. The van der Waals surface area contributed by atoms with E-state index in [-0.39, 0.29) is 23.3 Å². The molecule has 3 rings (SSSR count). The van der Waals surface area contributed by atoms with Crippen molar-refractivity contribution in [1.29, 1.82) is 0 Å². The molecule has 0 radical (unpaired) electrons. The largest absolute Gasteiger partial charge is 0.383 e. The maximum absolute atomic E-state index is 13.2. The third-order valence-electron chi connectivity index (χ3n) is 5.84. The number of benzene rings is 2. The second-order valence-electron chi connectivity index (χ2n) is 8.24. The van der Waals surface area contributed by atoms with Crippen LogP contribution in [0.15, 0.2) is 48.5 Å². The van der Waals surface area contributed by atoms with Crippen LogP contribution in [0, 0.1) is 18.7 Å². The number of amides is 3. The maximum atomic E-state index is 13.2. The minimum Gasteiger partial charge on any atom is -0.383 e. The fraction of sp³-hybridized carbons (Fsp3) is 0.400. The molecule has 0 spiro atoms. The van der Waals surface area contributed by atoms with Crippen molar-refractivity contribution >= 4 is 17.7 Å². The lowest BCUT2D eigenvalue weighted by Crippen LogP contribution is -2.54. The van der Waals surface area contributed by atoms with E-state index in [4.69, 9.17) is 4.74 Å². The Hall–Kier alpha value is -3.26. The molecule has 0 saturated carbocycles. The van der Waals surface area contributed by atoms with Crippen LogP contribution in [-0.2, 0) is 9.53 Å². The highest BCUT2D eigenvalue weighted by Gasteiger charge is 2.34. The Morgan fingerprint density at radius 3 is 2.42 bits per heavy atom. The molecule has 3 amide bonds. The van der Waals surface area contributed by atoms with Crippen LogP contribution in [-0.4, -0.2) is 62.0 Å². The molecule has 1 aliphatic heterocycles. The molecule has 1 atom stereocenters. The average Bonchev–Trinajstić information content (AvgIpc) is 2.82. The van der Waals surface area contributed by atoms with Gasteiger partial charge in [0.2, 0.25) is 5.91 Å². The van der Waals surface area contributed by atoms with Gasteiger partial charge in [-0.25, -0.2) is 4.39 Å².